The van der Waals surface area contributed by atoms with Crippen LogP contribution in [0.2, 0.25) is 0 Å². The van der Waals surface area contributed by atoms with Gasteiger partial charge in [-0.2, -0.15) is 5.10 Å². The van der Waals surface area contributed by atoms with Crippen molar-refractivity contribution in [2.45, 2.75) is 25.5 Å². The molecule has 158 valence electrons. The lowest BCUT2D eigenvalue weighted by Crippen LogP contribution is -2.13. The largest absolute Gasteiger partial charge is 0.394 e. The smallest absolute Gasteiger partial charge is 0.123 e. The summed E-state index contributed by atoms with van der Waals surface area (Å²) in [5.41, 5.74) is 4.76. The molecule has 0 amide bonds. The second kappa shape index (κ2) is 9.64. The molecule has 0 saturated carbocycles. The predicted molar refractivity (Wildman–Crippen MR) is 118 cm³/mol. The maximum Gasteiger partial charge on any atom is 0.123 e. The van der Waals surface area contributed by atoms with Gasteiger partial charge in [0.05, 0.1) is 24.9 Å². The van der Waals surface area contributed by atoms with Crippen LogP contribution in [-0.4, -0.2) is 31.6 Å². The second-order valence-corrected chi connectivity index (χ2v) is 7.34. The van der Waals surface area contributed by atoms with Gasteiger partial charge in [-0.15, -0.1) is 0 Å². The van der Waals surface area contributed by atoms with Crippen molar-refractivity contribution in [3.8, 4) is 22.4 Å². The van der Waals surface area contributed by atoms with Gasteiger partial charge in [0.15, 0.2) is 0 Å². The molecule has 0 aliphatic carbocycles. The van der Waals surface area contributed by atoms with Crippen molar-refractivity contribution >= 4 is 0 Å². The van der Waals surface area contributed by atoms with Gasteiger partial charge < -0.3 is 10.2 Å². The molecule has 2 N–H and O–H groups in total. The second-order valence-electron chi connectivity index (χ2n) is 7.34. The van der Waals surface area contributed by atoms with Crippen LogP contribution >= 0.6 is 0 Å². The van der Waals surface area contributed by atoms with E-state index in [9.17, 15) is 14.6 Å². The number of aromatic nitrogens is 3. The molecule has 4 aromatic rings. The van der Waals surface area contributed by atoms with Crippen molar-refractivity contribution in [3.63, 3.8) is 0 Å². The van der Waals surface area contributed by atoms with Crippen molar-refractivity contribution < 1.29 is 14.6 Å². The highest BCUT2D eigenvalue weighted by molar-refractivity contribution is 5.83. The molecule has 0 spiro atoms. The zero-order chi connectivity index (χ0) is 21.6. The Labute approximate surface area is 180 Å². The topological polar surface area (TPSA) is 71.2 Å². The van der Waals surface area contributed by atoms with E-state index in [4.69, 9.17) is 5.10 Å². The van der Waals surface area contributed by atoms with Gasteiger partial charge in [0.2, 0.25) is 0 Å². The molecule has 5 nitrogen and oxygen atoms in total. The number of rotatable bonds is 8. The molecule has 4 rings (SSSR count). The van der Waals surface area contributed by atoms with Gasteiger partial charge in [0.1, 0.15) is 11.5 Å². The molecule has 6 heteroatoms. The molecule has 31 heavy (non-hydrogen) atoms. The first-order valence-electron chi connectivity index (χ1n) is 10.3. The van der Waals surface area contributed by atoms with Crippen LogP contribution in [0.15, 0.2) is 79.1 Å². The van der Waals surface area contributed by atoms with E-state index in [0.717, 1.165) is 22.3 Å². The van der Waals surface area contributed by atoms with Crippen LogP contribution in [0.1, 0.15) is 23.8 Å². The Kier molecular flexibility index (Phi) is 6.50. The average molecular weight is 417 g/mol. The Balaban J connectivity index is 1.80. The first-order chi connectivity index (χ1) is 15.2. The van der Waals surface area contributed by atoms with E-state index in [2.05, 4.69) is 4.98 Å². The number of aryl methyl sites for hydroxylation is 1. The lowest BCUT2D eigenvalue weighted by molar-refractivity contribution is 0.154. The molecular formula is C25H24FN3O2. The molecule has 2 aromatic heterocycles. The van der Waals surface area contributed by atoms with Crippen molar-refractivity contribution in [2.75, 3.05) is 6.61 Å². The quantitative estimate of drug-likeness (QED) is 0.446. The Hall–Kier alpha value is -3.35. The van der Waals surface area contributed by atoms with E-state index < -0.39 is 6.10 Å². The predicted octanol–water partition coefficient (Wildman–Crippen LogP) is 4.41. The molecule has 1 atom stereocenters. The standard InChI is InChI=1S/C25H24FN3O2/c26-21-9-7-20(8-10-21)24-23(19-12-14-27-15-13-19)25(29(28-24)16-17-30)22(31)11-6-18-4-2-1-3-5-18/h1-5,7-10,12-15,22,30-31H,6,11,16-17H2. The van der Waals surface area contributed by atoms with Gasteiger partial charge in [-0.25, -0.2) is 4.39 Å². The maximum atomic E-state index is 13.5. The molecule has 0 bridgehead atoms. The van der Waals surface area contributed by atoms with Gasteiger partial charge in [0.25, 0.3) is 0 Å². The third-order valence-corrected chi connectivity index (χ3v) is 5.26. The third kappa shape index (κ3) is 4.71. The first-order valence-corrected chi connectivity index (χ1v) is 10.3. The summed E-state index contributed by atoms with van der Waals surface area (Å²) in [6.07, 6.45) is 3.79. The molecule has 0 aliphatic rings. The average Bonchev–Trinajstić information content (AvgIpc) is 3.19. The highest BCUT2D eigenvalue weighted by Gasteiger charge is 2.25. The fourth-order valence-corrected chi connectivity index (χ4v) is 3.78. The zero-order valence-electron chi connectivity index (χ0n) is 17.0. The zero-order valence-corrected chi connectivity index (χ0v) is 17.0. The number of pyridine rings is 1. The Morgan fingerprint density at radius 1 is 0.903 bits per heavy atom. The lowest BCUT2D eigenvalue weighted by atomic mass is 9.95. The number of hydrogen-bond donors (Lipinski definition) is 2. The van der Waals surface area contributed by atoms with Gasteiger partial charge in [-0.1, -0.05) is 30.3 Å². The van der Waals surface area contributed by atoms with Crippen LogP contribution in [-0.2, 0) is 13.0 Å². The van der Waals surface area contributed by atoms with Crippen molar-refractivity contribution in [1.82, 2.24) is 14.8 Å². The Morgan fingerprint density at radius 2 is 1.61 bits per heavy atom. The monoisotopic (exact) mass is 417 g/mol. The van der Waals surface area contributed by atoms with Crippen molar-refractivity contribution in [1.29, 1.82) is 0 Å². The SMILES string of the molecule is OCCn1nc(-c2ccc(F)cc2)c(-c2ccncc2)c1C(O)CCc1ccccc1. The summed E-state index contributed by atoms with van der Waals surface area (Å²) >= 11 is 0. The highest BCUT2D eigenvalue weighted by Crippen LogP contribution is 2.38. The van der Waals surface area contributed by atoms with Crippen LogP contribution < -0.4 is 0 Å². The van der Waals surface area contributed by atoms with E-state index >= 15 is 0 Å². The van der Waals surface area contributed by atoms with E-state index in [-0.39, 0.29) is 19.0 Å². The summed E-state index contributed by atoms with van der Waals surface area (Å²) in [7, 11) is 0. The highest BCUT2D eigenvalue weighted by atomic mass is 19.1. The summed E-state index contributed by atoms with van der Waals surface area (Å²) in [6.45, 7) is 0.135. The normalized spacial score (nSPS) is 12.1. The minimum Gasteiger partial charge on any atom is -0.394 e. The van der Waals surface area contributed by atoms with E-state index in [0.29, 0.717) is 24.2 Å². The molecule has 2 heterocycles. The van der Waals surface area contributed by atoms with Crippen LogP contribution in [0.5, 0.6) is 0 Å². The number of nitrogens with zero attached hydrogens (tertiary/aromatic N) is 3. The van der Waals surface area contributed by atoms with E-state index in [1.54, 1.807) is 29.2 Å². The fraction of sp³-hybridized carbons (Fsp3) is 0.200. The van der Waals surface area contributed by atoms with Crippen LogP contribution in [0.3, 0.4) is 0 Å². The summed E-state index contributed by atoms with van der Waals surface area (Å²) in [6, 6.07) is 19.8. The summed E-state index contributed by atoms with van der Waals surface area (Å²) in [5.74, 6) is -0.327. The van der Waals surface area contributed by atoms with Crippen molar-refractivity contribution in [3.05, 3.63) is 96.2 Å². The van der Waals surface area contributed by atoms with Crippen molar-refractivity contribution in [2.24, 2.45) is 0 Å². The lowest BCUT2D eigenvalue weighted by Gasteiger charge is -2.16. The van der Waals surface area contributed by atoms with Gasteiger partial charge in [-0.3, -0.25) is 9.67 Å². The number of aliphatic hydroxyl groups is 2. The molecule has 0 aliphatic heterocycles. The minimum atomic E-state index is -0.795. The molecule has 0 saturated heterocycles. The van der Waals surface area contributed by atoms with Crippen LogP contribution in [0.25, 0.3) is 22.4 Å². The van der Waals surface area contributed by atoms with Crippen LogP contribution in [0, 0.1) is 5.82 Å². The maximum absolute atomic E-state index is 13.5. The summed E-state index contributed by atoms with van der Waals surface area (Å²) in [5, 5.41) is 25.5. The van der Waals surface area contributed by atoms with Gasteiger partial charge >= 0.3 is 0 Å². The Bertz CT molecular complexity index is 1110. The van der Waals surface area contributed by atoms with Gasteiger partial charge in [-0.05, 0) is 60.4 Å². The molecular weight excluding hydrogens is 393 g/mol. The summed E-state index contributed by atoms with van der Waals surface area (Å²) < 4.78 is 15.2. The van der Waals surface area contributed by atoms with Gasteiger partial charge in [0, 0.05) is 23.5 Å². The first kappa shape index (κ1) is 20.9. The van der Waals surface area contributed by atoms with E-state index in [1.807, 2.05) is 42.5 Å². The minimum absolute atomic E-state index is 0.112. The number of hydrogen-bond acceptors (Lipinski definition) is 4. The molecule has 0 radical (unpaired) electrons. The molecule has 0 fully saturated rings. The van der Waals surface area contributed by atoms with E-state index in [1.165, 1.54) is 12.1 Å². The third-order valence-electron chi connectivity index (χ3n) is 5.26. The Morgan fingerprint density at radius 3 is 2.29 bits per heavy atom. The summed E-state index contributed by atoms with van der Waals surface area (Å²) in [4.78, 5) is 4.10. The fourth-order valence-electron chi connectivity index (χ4n) is 3.78. The number of aliphatic hydroxyl groups excluding tert-OH is 2. The number of benzene rings is 2. The molecule has 2 aromatic carbocycles. The number of halogens is 1. The molecule has 1 unspecified atom stereocenters. The van der Waals surface area contributed by atoms with Crippen LogP contribution in [0.4, 0.5) is 4.39 Å².